The van der Waals surface area contributed by atoms with Crippen LogP contribution in [-0.2, 0) is 17.9 Å². The zero-order valence-electron chi connectivity index (χ0n) is 14.3. The van der Waals surface area contributed by atoms with Crippen molar-refractivity contribution >= 4 is 23.2 Å². The molecule has 2 aromatic heterocycles. The second-order valence-electron chi connectivity index (χ2n) is 6.78. The molecule has 1 aliphatic heterocycles. The van der Waals surface area contributed by atoms with Crippen LogP contribution >= 0.6 is 11.3 Å². The van der Waals surface area contributed by atoms with Crippen LogP contribution in [0.4, 0.5) is 0 Å². The van der Waals surface area contributed by atoms with Gasteiger partial charge in [0.1, 0.15) is 11.5 Å². The van der Waals surface area contributed by atoms with Gasteiger partial charge in [0.25, 0.3) is 5.91 Å². The summed E-state index contributed by atoms with van der Waals surface area (Å²) >= 11 is 1.62. The zero-order chi connectivity index (χ0) is 17.4. The molecule has 2 aromatic rings. The normalized spacial score (nSPS) is 20.0. The number of imidazole rings is 1. The highest BCUT2D eigenvalue weighted by molar-refractivity contribution is 7.09. The van der Waals surface area contributed by atoms with Crippen LogP contribution in [0.2, 0.25) is 0 Å². The molecule has 1 fully saturated rings. The van der Waals surface area contributed by atoms with Gasteiger partial charge >= 0.3 is 0 Å². The minimum atomic E-state index is -0.167. The molecule has 1 aliphatic carbocycles. The second-order valence-corrected chi connectivity index (χ2v) is 7.81. The maximum absolute atomic E-state index is 12.6. The molecule has 6 nitrogen and oxygen atoms in total. The number of hydrogen-bond donors (Lipinski definition) is 1. The Bertz CT molecular complexity index is 779. The van der Waals surface area contributed by atoms with E-state index in [9.17, 15) is 9.59 Å². The third kappa shape index (κ3) is 3.08. The van der Waals surface area contributed by atoms with Gasteiger partial charge in [0.05, 0.1) is 12.6 Å². The smallest absolute Gasteiger partial charge is 0.271 e. The number of aromatic nitrogens is 2. The summed E-state index contributed by atoms with van der Waals surface area (Å²) < 4.78 is 2.01. The molecular weight excluding hydrogens is 336 g/mol. The molecule has 1 saturated carbocycles. The van der Waals surface area contributed by atoms with Crippen LogP contribution in [0.15, 0.2) is 23.7 Å². The van der Waals surface area contributed by atoms with Gasteiger partial charge < -0.3 is 14.8 Å². The standard InChI is InChI=1S/C18H22N4O2S/c1-12-16-20-15(17(23)19-10-14-6-3-9-25-14)11-21(16)7-8-22(12)18(24)13-4-2-5-13/h3,6,9,11-13H,2,4-5,7-8,10H2,1H3,(H,19,23)/t12-/m1/s1. The largest absolute Gasteiger partial charge is 0.346 e. The van der Waals surface area contributed by atoms with Crippen molar-refractivity contribution in [2.24, 2.45) is 5.92 Å². The molecule has 0 bridgehead atoms. The quantitative estimate of drug-likeness (QED) is 0.913. The summed E-state index contributed by atoms with van der Waals surface area (Å²) in [6.45, 7) is 3.90. The number of carbonyl (C=O) groups is 2. The first-order valence-corrected chi connectivity index (χ1v) is 9.69. The highest BCUT2D eigenvalue weighted by atomic mass is 32.1. The number of hydrogen-bond acceptors (Lipinski definition) is 4. The molecule has 1 N–H and O–H groups in total. The van der Waals surface area contributed by atoms with Gasteiger partial charge in [-0.15, -0.1) is 11.3 Å². The monoisotopic (exact) mass is 358 g/mol. The summed E-state index contributed by atoms with van der Waals surface area (Å²) in [4.78, 5) is 32.5. The first-order valence-electron chi connectivity index (χ1n) is 8.81. The number of nitrogens with one attached hydrogen (secondary N) is 1. The first-order chi connectivity index (χ1) is 12.1. The summed E-state index contributed by atoms with van der Waals surface area (Å²) in [6.07, 6.45) is 4.97. The lowest BCUT2D eigenvalue weighted by Crippen LogP contribution is -2.45. The predicted octanol–water partition coefficient (Wildman–Crippen LogP) is 2.58. The van der Waals surface area contributed by atoms with Gasteiger partial charge in [-0.3, -0.25) is 9.59 Å². The Hall–Kier alpha value is -2.15. The fourth-order valence-electron chi connectivity index (χ4n) is 3.46. The molecule has 2 amide bonds. The molecule has 3 heterocycles. The Morgan fingerprint density at radius 1 is 1.36 bits per heavy atom. The van der Waals surface area contributed by atoms with Crippen molar-refractivity contribution in [1.82, 2.24) is 19.8 Å². The number of thiophene rings is 1. The lowest BCUT2D eigenvalue weighted by molar-refractivity contribution is -0.141. The fraction of sp³-hybridized carbons (Fsp3) is 0.500. The Morgan fingerprint density at radius 2 is 2.20 bits per heavy atom. The van der Waals surface area contributed by atoms with E-state index in [0.717, 1.165) is 30.0 Å². The zero-order valence-corrected chi connectivity index (χ0v) is 15.1. The van der Waals surface area contributed by atoms with E-state index in [0.29, 0.717) is 25.3 Å². The van der Waals surface area contributed by atoms with Crippen LogP contribution in [0, 0.1) is 5.92 Å². The van der Waals surface area contributed by atoms with E-state index in [2.05, 4.69) is 10.3 Å². The molecule has 0 radical (unpaired) electrons. The maximum Gasteiger partial charge on any atom is 0.271 e. The molecule has 0 saturated heterocycles. The molecular formula is C18H22N4O2S. The van der Waals surface area contributed by atoms with Gasteiger partial charge in [-0.1, -0.05) is 12.5 Å². The van der Waals surface area contributed by atoms with Crippen molar-refractivity contribution in [1.29, 1.82) is 0 Å². The minimum Gasteiger partial charge on any atom is -0.346 e. The van der Waals surface area contributed by atoms with Crippen LogP contribution in [0.25, 0.3) is 0 Å². The van der Waals surface area contributed by atoms with Crippen LogP contribution in [0.1, 0.15) is 53.4 Å². The van der Waals surface area contributed by atoms with E-state index < -0.39 is 0 Å². The average molecular weight is 358 g/mol. The highest BCUT2D eigenvalue weighted by Gasteiger charge is 2.36. The van der Waals surface area contributed by atoms with Gasteiger partial charge in [0, 0.05) is 30.1 Å². The topological polar surface area (TPSA) is 67.2 Å². The van der Waals surface area contributed by atoms with Crippen molar-refractivity contribution < 1.29 is 9.59 Å². The number of rotatable bonds is 4. The van der Waals surface area contributed by atoms with Crippen molar-refractivity contribution in [3.8, 4) is 0 Å². The van der Waals surface area contributed by atoms with Gasteiger partial charge in [-0.2, -0.15) is 0 Å². The van der Waals surface area contributed by atoms with E-state index in [1.807, 2.05) is 33.9 Å². The van der Waals surface area contributed by atoms with Gasteiger partial charge in [-0.05, 0) is 31.2 Å². The Kier molecular flexibility index (Phi) is 4.33. The van der Waals surface area contributed by atoms with Crippen LogP contribution in [0.5, 0.6) is 0 Å². The SMILES string of the molecule is C[C@@H]1c2nc(C(=O)NCc3cccs3)cn2CCN1C(=O)C1CCC1. The Morgan fingerprint density at radius 3 is 2.88 bits per heavy atom. The fourth-order valence-corrected chi connectivity index (χ4v) is 4.11. The van der Waals surface area contributed by atoms with E-state index in [1.54, 1.807) is 17.5 Å². The number of fused-ring (bicyclic) bond motifs is 1. The first kappa shape index (κ1) is 16.3. The van der Waals surface area contributed by atoms with Crippen LogP contribution < -0.4 is 5.32 Å². The molecule has 25 heavy (non-hydrogen) atoms. The summed E-state index contributed by atoms with van der Waals surface area (Å²) in [5, 5.41) is 4.90. The lowest BCUT2D eigenvalue weighted by Gasteiger charge is -2.38. The van der Waals surface area contributed by atoms with Gasteiger partial charge in [0.15, 0.2) is 0 Å². The Labute approximate surface area is 150 Å². The summed E-state index contributed by atoms with van der Waals surface area (Å²) in [7, 11) is 0. The summed E-state index contributed by atoms with van der Waals surface area (Å²) in [5.74, 6) is 1.08. The minimum absolute atomic E-state index is 0.0827. The Balaban J connectivity index is 1.45. The van der Waals surface area contributed by atoms with Gasteiger partial charge in [-0.25, -0.2) is 4.98 Å². The maximum atomic E-state index is 12.6. The molecule has 0 aromatic carbocycles. The lowest BCUT2D eigenvalue weighted by atomic mass is 9.84. The number of nitrogens with zero attached hydrogens (tertiary/aromatic N) is 3. The van der Waals surface area contributed by atoms with Crippen LogP contribution in [-0.4, -0.2) is 32.8 Å². The van der Waals surface area contributed by atoms with E-state index in [4.69, 9.17) is 0 Å². The summed E-state index contributed by atoms with van der Waals surface area (Å²) in [5.41, 5.74) is 0.427. The third-order valence-electron chi connectivity index (χ3n) is 5.20. The third-order valence-corrected chi connectivity index (χ3v) is 6.08. The average Bonchev–Trinajstić information content (AvgIpc) is 3.21. The highest BCUT2D eigenvalue weighted by Crippen LogP contribution is 2.33. The molecule has 0 unspecified atom stereocenters. The molecule has 0 spiro atoms. The van der Waals surface area contributed by atoms with Crippen molar-refractivity contribution in [3.63, 3.8) is 0 Å². The van der Waals surface area contributed by atoms with Crippen LogP contribution in [0.3, 0.4) is 0 Å². The van der Waals surface area contributed by atoms with Crippen molar-refractivity contribution in [3.05, 3.63) is 40.1 Å². The number of amides is 2. The summed E-state index contributed by atoms with van der Waals surface area (Å²) in [6, 6.07) is 3.88. The molecule has 4 rings (SSSR count). The van der Waals surface area contributed by atoms with E-state index in [1.165, 1.54) is 0 Å². The molecule has 1 atom stereocenters. The van der Waals surface area contributed by atoms with E-state index >= 15 is 0 Å². The molecule has 132 valence electrons. The van der Waals surface area contributed by atoms with Crippen molar-refractivity contribution in [2.45, 2.75) is 45.3 Å². The van der Waals surface area contributed by atoms with Crippen molar-refractivity contribution in [2.75, 3.05) is 6.54 Å². The molecule has 7 heteroatoms. The van der Waals surface area contributed by atoms with E-state index in [-0.39, 0.29) is 23.8 Å². The molecule has 2 aliphatic rings. The second kappa shape index (κ2) is 6.63. The number of carbonyl (C=O) groups excluding carboxylic acids is 2. The van der Waals surface area contributed by atoms with Gasteiger partial charge in [0.2, 0.25) is 5.91 Å². The predicted molar refractivity (Wildman–Crippen MR) is 95.2 cm³/mol.